The fourth-order valence-corrected chi connectivity index (χ4v) is 0.920. The summed E-state index contributed by atoms with van der Waals surface area (Å²) in [7, 11) is 0. The molecule has 0 bridgehead atoms. The number of rotatable bonds is 3. The summed E-state index contributed by atoms with van der Waals surface area (Å²) in [5.41, 5.74) is 1.27. The van der Waals surface area contributed by atoms with Crippen LogP contribution in [0.3, 0.4) is 0 Å². The summed E-state index contributed by atoms with van der Waals surface area (Å²) >= 11 is 3.35. The molecule has 0 radical (unpaired) electrons. The second-order valence-corrected chi connectivity index (χ2v) is 2.15. The fourth-order valence-electron chi connectivity index (χ4n) is 0.410. The Hall–Kier alpha value is -0.300. The lowest BCUT2D eigenvalue weighted by Gasteiger charge is -1.89. The Morgan fingerprint density at radius 2 is 2.00 bits per heavy atom. The van der Waals surface area contributed by atoms with E-state index in [0.29, 0.717) is 0 Å². The third-order valence-electron chi connectivity index (χ3n) is 0.971. The average molecular weight is 217 g/mol. The quantitative estimate of drug-likeness (QED) is 0.493. The van der Waals surface area contributed by atoms with Crippen molar-refractivity contribution in [1.29, 1.82) is 0 Å². The van der Waals surface area contributed by atoms with Gasteiger partial charge in [-0.05, 0) is 12.5 Å². The van der Waals surface area contributed by atoms with Gasteiger partial charge in [0.05, 0.1) is 0 Å². The van der Waals surface area contributed by atoms with Crippen LogP contribution >= 0.6 is 15.9 Å². The lowest BCUT2D eigenvalue weighted by atomic mass is 10.3. The van der Waals surface area contributed by atoms with Crippen molar-refractivity contribution < 1.29 is 0 Å². The molecule has 64 valence electrons. The highest BCUT2D eigenvalue weighted by molar-refractivity contribution is 9.09. The zero-order valence-corrected chi connectivity index (χ0v) is 9.19. The van der Waals surface area contributed by atoms with Gasteiger partial charge in [-0.1, -0.05) is 60.7 Å². The maximum absolute atomic E-state index is 3.57. The zero-order chi connectivity index (χ0) is 9.11. The summed E-state index contributed by atoms with van der Waals surface area (Å²) in [4.78, 5) is 0. The average Bonchev–Trinajstić information content (AvgIpc) is 2.10. The van der Waals surface area contributed by atoms with Gasteiger partial charge in [-0.25, -0.2) is 0 Å². The van der Waals surface area contributed by atoms with Crippen LogP contribution in [0.4, 0.5) is 0 Å². The molecule has 0 aromatic rings. The standard InChI is InChI=1S/C8H11Br.C2H6/c1-3-5-6-8(4-2)7-9;1-2/h3-6H,1,7H2,2H3;1-2H3/b6-5-,8-4+;. The molecule has 0 aliphatic heterocycles. The van der Waals surface area contributed by atoms with Crippen LogP contribution in [0.1, 0.15) is 20.8 Å². The minimum absolute atomic E-state index is 0.911. The molecule has 0 unspecified atom stereocenters. The first kappa shape index (κ1) is 13.3. The molecule has 0 N–H and O–H groups in total. The van der Waals surface area contributed by atoms with E-state index in [9.17, 15) is 0 Å². The van der Waals surface area contributed by atoms with E-state index >= 15 is 0 Å². The van der Waals surface area contributed by atoms with Gasteiger partial charge < -0.3 is 0 Å². The molecule has 0 saturated heterocycles. The Bertz CT molecular complexity index is 132. The summed E-state index contributed by atoms with van der Waals surface area (Å²) in [5.74, 6) is 0. The molecule has 0 fully saturated rings. The first-order chi connectivity index (χ1) is 5.35. The molecule has 0 saturated carbocycles. The molecule has 0 spiro atoms. The van der Waals surface area contributed by atoms with Crippen molar-refractivity contribution in [2.45, 2.75) is 20.8 Å². The minimum atomic E-state index is 0.911. The highest BCUT2D eigenvalue weighted by Crippen LogP contribution is 2.00. The number of hydrogen-bond acceptors (Lipinski definition) is 0. The normalized spacial score (nSPS) is 10.7. The van der Waals surface area contributed by atoms with Gasteiger partial charge in [-0.2, -0.15) is 0 Å². The molecule has 11 heavy (non-hydrogen) atoms. The van der Waals surface area contributed by atoms with Crippen molar-refractivity contribution >= 4 is 15.9 Å². The maximum Gasteiger partial charge on any atom is 0.0279 e. The number of halogens is 1. The van der Waals surface area contributed by atoms with Gasteiger partial charge >= 0.3 is 0 Å². The maximum atomic E-state index is 3.57. The lowest BCUT2D eigenvalue weighted by molar-refractivity contribution is 1.50. The van der Waals surface area contributed by atoms with Crippen LogP contribution in [0.2, 0.25) is 0 Å². The van der Waals surface area contributed by atoms with Crippen molar-refractivity contribution in [3.63, 3.8) is 0 Å². The van der Waals surface area contributed by atoms with E-state index in [2.05, 4.69) is 28.6 Å². The molecular weight excluding hydrogens is 200 g/mol. The van der Waals surface area contributed by atoms with Crippen molar-refractivity contribution in [3.8, 4) is 0 Å². The van der Waals surface area contributed by atoms with Gasteiger partial charge in [-0.3, -0.25) is 0 Å². The number of hydrogen-bond donors (Lipinski definition) is 0. The van der Waals surface area contributed by atoms with E-state index in [4.69, 9.17) is 0 Å². The second kappa shape index (κ2) is 12.4. The lowest BCUT2D eigenvalue weighted by Crippen LogP contribution is -1.74. The third-order valence-corrected chi connectivity index (χ3v) is 1.62. The molecule has 0 atom stereocenters. The highest BCUT2D eigenvalue weighted by Gasteiger charge is 1.81. The Kier molecular flexibility index (Phi) is 15.0. The first-order valence-corrected chi connectivity index (χ1v) is 4.97. The smallest absolute Gasteiger partial charge is 0.0279 e. The van der Waals surface area contributed by atoms with Crippen LogP contribution in [0.15, 0.2) is 36.5 Å². The molecule has 0 nitrogen and oxygen atoms in total. The Balaban J connectivity index is 0. The van der Waals surface area contributed by atoms with Gasteiger partial charge in [0.15, 0.2) is 0 Å². The predicted molar refractivity (Wildman–Crippen MR) is 58.2 cm³/mol. The molecule has 0 aliphatic rings. The molecule has 0 heterocycles. The predicted octanol–water partition coefficient (Wildman–Crippen LogP) is 4.10. The van der Waals surface area contributed by atoms with Gasteiger partial charge in [0.25, 0.3) is 0 Å². The third kappa shape index (κ3) is 9.70. The molecule has 0 rings (SSSR count). The van der Waals surface area contributed by atoms with Crippen molar-refractivity contribution in [2.24, 2.45) is 0 Å². The van der Waals surface area contributed by atoms with E-state index in [0.717, 1.165) is 5.33 Å². The van der Waals surface area contributed by atoms with Gasteiger partial charge in [0, 0.05) is 5.33 Å². The van der Waals surface area contributed by atoms with E-state index in [1.54, 1.807) is 6.08 Å². The Morgan fingerprint density at radius 1 is 1.45 bits per heavy atom. The van der Waals surface area contributed by atoms with Crippen molar-refractivity contribution in [3.05, 3.63) is 36.5 Å². The van der Waals surface area contributed by atoms with Gasteiger partial charge in [-0.15, -0.1) is 0 Å². The largest absolute Gasteiger partial charge is 0.0991 e. The molecule has 1 heteroatoms. The highest BCUT2D eigenvalue weighted by atomic mass is 79.9. The van der Waals surface area contributed by atoms with Gasteiger partial charge in [0.1, 0.15) is 0 Å². The van der Waals surface area contributed by atoms with Crippen LogP contribution in [0, 0.1) is 0 Å². The second-order valence-electron chi connectivity index (χ2n) is 1.59. The van der Waals surface area contributed by atoms with Crippen molar-refractivity contribution in [2.75, 3.05) is 5.33 Å². The SMILES string of the molecule is C=C/C=C\C(=C/C)CBr.CC. The summed E-state index contributed by atoms with van der Waals surface area (Å²) in [6.07, 6.45) is 7.79. The summed E-state index contributed by atoms with van der Waals surface area (Å²) in [6, 6.07) is 0. The molecule has 0 aromatic heterocycles. The van der Waals surface area contributed by atoms with E-state index in [1.807, 2.05) is 32.9 Å². The zero-order valence-electron chi connectivity index (χ0n) is 7.60. The monoisotopic (exact) mass is 216 g/mol. The van der Waals surface area contributed by atoms with Crippen LogP contribution in [0.25, 0.3) is 0 Å². The first-order valence-electron chi connectivity index (χ1n) is 3.85. The van der Waals surface area contributed by atoms with E-state index in [1.165, 1.54) is 5.57 Å². The summed E-state index contributed by atoms with van der Waals surface area (Å²) < 4.78 is 0. The van der Waals surface area contributed by atoms with E-state index < -0.39 is 0 Å². The van der Waals surface area contributed by atoms with Crippen LogP contribution < -0.4 is 0 Å². The minimum Gasteiger partial charge on any atom is -0.0991 e. The Morgan fingerprint density at radius 3 is 2.27 bits per heavy atom. The number of allylic oxidation sites excluding steroid dienone is 5. The van der Waals surface area contributed by atoms with Crippen molar-refractivity contribution in [1.82, 2.24) is 0 Å². The molecule has 0 amide bonds. The topological polar surface area (TPSA) is 0 Å². The Labute approximate surface area is 78.8 Å². The molecule has 0 aliphatic carbocycles. The van der Waals surface area contributed by atoms with Crippen LogP contribution in [-0.4, -0.2) is 5.33 Å². The van der Waals surface area contributed by atoms with E-state index in [-0.39, 0.29) is 0 Å². The number of alkyl halides is 1. The summed E-state index contributed by atoms with van der Waals surface area (Å²) in [5, 5.41) is 0.911. The van der Waals surface area contributed by atoms with Gasteiger partial charge in [0.2, 0.25) is 0 Å². The molecule has 0 aromatic carbocycles. The van der Waals surface area contributed by atoms with Crippen LogP contribution in [-0.2, 0) is 0 Å². The molecular formula is C10H17Br. The van der Waals surface area contributed by atoms with Crippen LogP contribution in [0.5, 0.6) is 0 Å². The fraction of sp³-hybridized carbons (Fsp3) is 0.400. The summed E-state index contributed by atoms with van der Waals surface area (Å²) in [6.45, 7) is 9.59.